The van der Waals surface area contributed by atoms with Crippen LogP contribution < -0.4 is 10.6 Å². The van der Waals surface area contributed by atoms with Crippen molar-refractivity contribution in [1.82, 2.24) is 10.6 Å². The van der Waals surface area contributed by atoms with Gasteiger partial charge in [-0.2, -0.15) is 0 Å². The van der Waals surface area contributed by atoms with Crippen LogP contribution in [0.25, 0.3) is 0 Å². The molecule has 2 heterocycles. The van der Waals surface area contributed by atoms with Gasteiger partial charge in [0, 0.05) is 25.9 Å². The van der Waals surface area contributed by atoms with Gasteiger partial charge in [0.25, 0.3) is 11.8 Å². The second-order valence-corrected chi connectivity index (χ2v) is 19.3. The van der Waals surface area contributed by atoms with Crippen molar-refractivity contribution in [2.45, 2.75) is 166 Å². The summed E-state index contributed by atoms with van der Waals surface area (Å²) in [6.07, 6.45) is 15.8. The van der Waals surface area contributed by atoms with Gasteiger partial charge in [-0.15, -0.1) is 0 Å². The van der Waals surface area contributed by atoms with Crippen molar-refractivity contribution in [3.63, 3.8) is 0 Å². The predicted molar refractivity (Wildman–Crippen MR) is 290 cm³/mol. The van der Waals surface area contributed by atoms with Crippen LogP contribution in [0, 0.1) is 0 Å². The first kappa shape index (κ1) is 72.4. The number of rotatable bonds is 33. The number of aliphatic carboxylic acids is 2. The number of hydrogen-bond acceptors (Lipinski definition) is 20. The quantitative estimate of drug-likeness (QED) is 0.0509. The number of esters is 2. The monoisotopic (exact) mass is 1150 g/mol. The van der Waals surface area contributed by atoms with Crippen molar-refractivity contribution >= 4 is 35.7 Å². The maximum atomic E-state index is 13.0. The number of hydrogen-bond donors (Lipinski definition) is 4. The fourth-order valence-corrected chi connectivity index (χ4v) is 8.29. The third-order valence-corrected chi connectivity index (χ3v) is 12.7. The third kappa shape index (κ3) is 42.2. The Morgan fingerprint density at radius 2 is 0.512 bits per heavy atom. The fourth-order valence-electron chi connectivity index (χ4n) is 8.29. The first-order valence-corrected chi connectivity index (χ1v) is 29.6. The molecule has 0 aromatic heterocycles. The fraction of sp³-hybridized carbons (Fsp3) is 0.893. The van der Waals surface area contributed by atoms with Gasteiger partial charge in [-0.1, -0.05) is 103 Å². The van der Waals surface area contributed by atoms with Gasteiger partial charge in [0.15, 0.2) is 24.4 Å². The number of carboxylic acids is 2. The summed E-state index contributed by atoms with van der Waals surface area (Å²) in [5, 5.41) is 25.0. The Morgan fingerprint density at radius 3 is 0.750 bits per heavy atom. The van der Waals surface area contributed by atoms with Crippen molar-refractivity contribution in [1.29, 1.82) is 0 Å². The SMILES string of the molecule is O=C(CCCCCCCCCCCCCCCCCCCCC(=O)OCCCNC(=O)[C@@H]1OCCOCCOCCOCCOCCO[C@H]1C(=O)O)OCCCNC(=O)[C@@H]1OCCOCCOCCOCCOCCO[C@H]1C(=O)O. The number of carbonyl (C=O) groups is 6. The molecule has 4 N–H and O–H groups in total. The van der Waals surface area contributed by atoms with E-state index < -0.39 is 48.2 Å². The average Bonchev–Trinajstić information content (AvgIpc) is 3.43. The van der Waals surface area contributed by atoms with Crippen LogP contribution in [-0.2, 0) is 95.1 Å². The number of nitrogens with one attached hydrogen (secondary N) is 2. The second kappa shape index (κ2) is 53.4. The lowest BCUT2D eigenvalue weighted by molar-refractivity contribution is -0.171. The number of unbranched alkanes of at least 4 members (excludes halogenated alkanes) is 17. The summed E-state index contributed by atoms with van der Waals surface area (Å²) in [4.78, 5) is 74.7. The summed E-state index contributed by atoms with van der Waals surface area (Å²) in [5.41, 5.74) is 0. The van der Waals surface area contributed by atoms with Gasteiger partial charge in [0.2, 0.25) is 0 Å². The molecule has 24 heteroatoms. The Balaban J connectivity index is 1.39. The Kier molecular flexibility index (Phi) is 48.3. The van der Waals surface area contributed by atoms with Crippen LogP contribution in [0.1, 0.15) is 141 Å². The zero-order chi connectivity index (χ0) is 57.6. The highest BCUT2D eigenvalue weighted by Gasteiger charge is 2.37. The van der Waals surface area contributed by atoms with E-state index in [1.54, 1.807) is 0 Å². The van der Waals surface area contributed by atoms with Gasteiger partial charge >= 0.3 is 23.9 Å². The molecule has 0 unspecified atom stereocenters. The zero-order valence-electron chi connectivity index (χ0n) is 47.9. The summed E-state index contributed by atoms with van der Waals surface area (Å²) >= 11 is 0. The number of carboxylic acid groups (broad SMARTS) is 2. The van der Waals surface area contributed by atoms with Crippen LogP contribution >= 0.6 is 0 Å². The molecule has 2 rings (SSSR count). The van der Waals surface area contributed by atoms with Crippen LogP contribution in [0.3, 0.4) is 0 Å². The van der Waals surface area contributed by atoms with Crippen LogP contribution in [-0.4, -0.2) is 229 Å². The largest absolute Gasteiger partial charge is 0.479 e. The molecule has 2 saturated heterocycles. The van der Waals surface area contributed by atoms with Crippen molar-refractivity contribution in [3.8, 4) is 0 Å². The number of amides is 2. The lowest BCUT2D eigenvalue weighted by Gasteiger charge is -2.24. The van der Waals surface area contributed by atoms with E-state index in [0.29, 0.717) is 105 Å². The molecule has 2 aliphatic rings. The Bertz CT molecular complexity index is 1440. The van der Waals surface area contributed by atoms with E-state index in [1.807, 2.05) is 0 Å². The maximum Gasteiger partial charge on any atom is 0.336 e. The number of ether oxygens (including phenoxy) is 14. The van der Waals surface area contributed by atoms with E-state index in [1.165, 1.54) is 64.2 Å². The lowest BCUT2D eigenvalue weighted by Crippen LogP contribution is -2.49. The van der Waals surface area contributed by atoms with Gasteiger partial charge in [-0.25, -0.2) is 9.59 Å². The van der Waals surface area contributed by atoms with E-state index in [0.717, 1.165) is 51.4 Å². The molecular formula is C56H100N2O22. The van der Waals surface area contributed by atoms with Crippen molar-refractivity contribution in [3.05, 3.63) is 0 Å². The first-order chi connectivity index (χ1) is 39.2. The van der Waals surface area contributed by atoms with Gasteiger partial charge < -0.3 is 87.2 Å². The minimum atomic E-state index is -1.57. The Labute approximate surface area is 474 Å². The molecule has 0 spiro atoms. The first-order valence-electron chi connectivity index (χ1n) is 29.6. The molecule has 0 aromatic carbocycles. The Hall–Kier alpha value is -3.66. The van der Waals surface area contributed by atoms with Gasteiger partial charge in [0.05, 0.1) is 145 Å². The van der Waals surface area contributed by atoms with Crippen molar-refractivity contribution in [2.75, 3.05) is 158 Å². The highest BCUT2D eigenvalue weighted by Crippen LogP contribution is 2.16. The molecule has 0 aliphatic carbocycles. The molecule has 4 atom stereocenters. The third-order valence-electron chi connectivity index (χ3n) is 12.7. The molecule has 0 saturated carbocycles. The van der Waals surface area contributed by atoms with E-state index in [2.05, 4.69) is 10.6 Å². The lowest BCUT2D eigenvalue weighted by atomic mass is 10.0. The summed E-state index contributed by atoms with van der Waals surface area (Å²) in [5.74, 6) is -4.55. The van der Waals surface area contributed by atoms with Crippen molar-refractivity contribution < 1.29 is 105 Å². The summed E-state index contributed by atoms with van der Waals surface area (Å²) in [6.45, 7) is 5.08. The molecule has 466 valence electrons. The maximum absolute atomic E-state index is 13.0. The molecule has 80 heavy (non-hydrogen) atoms. The Morgan fingerprint density at radius 1 is 0.300 bits per heavy atom. The van der Waals surface area contributed by atoms with E-state index in [9.17, 15) is 39.0 Å². The topological polar surface area (TPSA) is 296 Å². The molecule has 0 bridgehead atoms. The molecule has 24 nitrogen and oxygen atoms in total. The highest BCUT2D eigenvalue weighted by atomic mass is 16.6. The summed E-state index contributed by atoms with van der Waals surface area (Å²) < 4.78 is 76.3. The zero-order valence-corrected chi connectivity index (χ0v) is 47.9. The van der Waals surface area contributed by atoms with Crippen LogP contribution in [0.5, 0.6) is 0 Å². The smallest absolute Gasteiger partial charge is 0.336 e. The highest BCUT2D eigenvalue weighted by molar-refractivity contribution is 5.88. The van der Waals surface area contributed by atoms with Gasteiger partial charge in [-0.3, -0.25) is 19.2 Å². The van der Waals surface area contributed by atoms with E-state index >= 15 is 0 Å². The second-order valence-electron chi connectivity index (χ2n) is 19.3. The molecule has 2 aliphatic heterocycles. The molecule has 0 aromatic rings. The van der Waals surface area contributed by atoms with Crippen molar-refractivity contribution in [2.24, 2.45) is 0 Å². The number of carbonyl (C=O) groups excluding carboxylic acids is 4. The van der Waals surface area contributed by atoms with Gasteiger partial charge in [0.1, 0.15) is 0 Å². The molecule has 0 radical (unpaired) electrons. The normalized spacial score (nSPS) is 20.9. The molecular weight excluding hydrogens is 1050 g/mol. The predicted octanol–water partition coefficient (Wildman–Crippen LogP) is 4.76. The minimum absolute atomic E-state index is 0.0362. The van der Waals surface area contributed by atoms with E-state index in [4.69, 9.17) is 66.3 Å². The summed E-state index contributed by atoms with van der Waals surface area (Å²) in [6, 6.07) is 0. The molecule has 2 amide bonds. The van der Waals surface area contributed by atoms with Crippen LogP contribution in [0.4, 0.5) is 0 Å². The minimum Gasteiger partial charge on any atom is -0.479 e. The van der Waals surface area contributed by atoms with Gasteiger partial charge in [-0.05, 0) is 25.7 Å². The standard InChI is InChI=1S/C56H100N2O22/c59-47(75-25-19-23-57-53(61)49-51(55(63)64)79-45-41-73-37-33-69-29-27-67-31-35-71-39-43-77-49)21-17-15-13-11-9-7-5-3-1-2-4-6-8-10-12-14-16-18-22-48(60)76-26-20-24-58-54(62)50-52(56(65)66)80-46-42-74-38-34-70-30-28-68-32-36-72-40-44-78-50/h49-52H,1-46H2,(H,57,61)(H,58,62)(H,63,64)(H,65,66)/t49-,50-,51-,52-/m1/s1. The van der Waals surface area contributed by atoms with E-state index in [-0.39, 0.29) is 91.1 Å². The average molecular weight is 1150 g/mol. The summed E-state index contributed by atoms with van der Waals surface area (Å²) in [7, 11) is 0. The molecule has 2 fully saturated rings. The van der Waals surface area contributed by atoms with Crippen LogP contribution in [0.2, 0.25) is 0 Å². The van der Waals surface area contributed by atoms with Crippen LogP contribution in [0.15, 0.2) is 0 Å².